The molecule has 0 aliphatic carbocycles. The van der Waals surface area contributed by atoms with Crippen LogP contribution in [0, 0.1) is 13.8 Å². The van der Waals surface area contributed by atoms with Gasteiger partial charge in [0.1, 0.15) is 10.8 Å². The summed E-state index contributed by atoms with van der Waals surface area (Å²) in [5.41, 5.74) is 2.17. The number of nitrogens with zero attached hydrogens (tertiary/aromatic N) is 2. The second-order valence-corrected chi connectivity index (χ2v) is 6.27. The molecule has 1 heterocycles. The van der Waals surface area contributed by atoms with Crippen molar-refractivity contribution >= 4 is 34.0 Å². The number of benzene rings is 1. The van der Waals surface area contributed by atoms with Gasteiger partial charge in [0.2, 0.25) is 5.13 Å². The van der Waals surface area contributed by atoms with Gasteiger partial charge in [0.25, 0.3) is 5.91 Å². The summed E-state index contributed by atoms with van der Waals surface area (Å²) in [4.78, 5) is 11.9. The molecular weight excluding hydrogens is 322 g/mol. The number of alkyl halides is 1. The Labute approximate surface area is 138 Å². The molecule has 0 saturated carbocycles. The zero-order valence-electron chi connectivity index (χ0n) is 12.6. The first kappa shape index (κ1) is 16.7. The van der Waals surface area contributed by atoms with Crippen LogP contribution in [0.25, 0.3) is 0 Å². The Kier molecular flexibility index (Phi) is 6.15. The Bertz CT molecular complexity index is 645. The molecule has 7 heteroatoms. The van der Waals surface area contributed by atoms with Crippen molar-refractivity contribution in [2.45, 2.75) is 26.7 Å². The van der Waals surface area contributed by atoms with Crippen molar-refractivity contribution in [3.05, 3.63) is 34.3 Å². The number of amides is 1. The summed E-state index contributed by atoms with van der Waals surface area (Å²) < 4.78 is 5.55. The van der Waals surface area contributed by atoms with E-state index in [0.29, 0.717) is 11.0 Å². The highest BCUT2D eigenvalue weighted by molar-refractivity contribution is 7.15. The van der Waals surface area contributed by atoms with E-state index in [1.54, 1.807) is 0 Å². The predicted octanol–water partition coefficient (Wildman–Crippen LogP) is 3.34. The first-order chi connectivity index (χ1) is 10.6. The van der Waals surface area contributed by atoms with Crippen LogP contribution in [0.1, 0.15) is 22.6 Å². The molecule has 5 nitrogen and oxygen atoms in total. The van der Waals surface area contributed by atoms with Crippen molar-refractivity contribution in [2.75, 3.05) is 17.8 Å². The molecule has 0 atom stereocenters. The van der Waals surface area contributed by atoms with Gasteiger partial charge in [-0.25, -0.2) is 0 Å². The van der Waals surface area contributed by atoms with E-state index in [2.05, 4.69) is 15.5 Å². The number of halogens is 1. The lowest BCUT2D eigenvalue weighted by Gasteiger charge is -2.10. The maximum Gasteiger partial charge on any atom is 0.264 e. The summed E-state index contributed by atoms with van der Waals surface area (Å²) in [5.74, 6) is 1.06. The molecule has 0 aliphatic rings. The van der Waals surface area contributed by atoms with Crippen LogP contribution in [-0.2, 0) is 11.2 Å². The normalized spacial score (nSPS) is 10.5. The molecule has 0 saturated heterocycles. The van der Waals surface area contributed by atoms with Gasteiger partial charge >= 0.3 is 0 Å². The SMILES string of the molecule is Cc1cccc(OCC(=O)Nc2nnc(CCCCl)s2)c1C. The lowest BCUT2D eigenvalue weighted by Crippen LogP contribution is -2.20. The van der Waals surface area contributed by atoms with Crippen LogP contribution in [-0.4, -0.2) is 28.6 Å². The highest BCUT2D eigenvalue weighted by Gasteiger charge is 2.10. The fourth-order valence-electron chi connectivity index (χ4n) is 1.80. The number of hydrogen-bond acceptors (Lipinski definition) is 5. The van der Waals surface area contributed by atoms with E-state index in [0.717, 1.165) is 34.7 Å². The number of anilines is 1. The Balaban J connectivity index is 1.85. The number of nitrogens with one attached hydrogen (secondary N) is 1. The highest BCUT2D eigenvalue weighted by Crippen LogP contribution is 2.21. The van der Waals surface area contributed by atoms with Crippen molar-refractivity contribution in [3.8, 4) is 5.75 Å². The summed E-state index contributed by atoms with van der Waals surface area (Å²) >= 11 is 7.00. The van der Waals surface area contributed by atoms with Crippen LogP contribution in [0.3, 0.4) is 0 Å². The number of hydrogen-bond donors (Lipinski definition) is 1. The molecule has 0 bridgehead atoms. The van der Waals surface area contributed by atoms with Crippen LogP contribution in [0.2, 0.25) is 0 Å². The Hall–Kier alpha value is -1.66. The molecule has 22 heavy (non-hydrogen) atoms. The molecule has 1 amide bonds. The fourth-order valence-corrected chi connectivity index (χ4v) is 2.73. The molecule has 0 aliphatic heterocycles. The molecule has 118 valence electrons. The standard InChI is InChI=1S/C15H18ClN3O2S/c1-10-5-3-6-12(11(10)2)21-9-13(20)17-15-19-18-14(22-15)7-4-8-16/h3,5-6H,4,7-9H2,1-2H3,(H,17,19,20). The molecule has 0 spiro atoms. The van der Waals surface area contributed by atoms with Crippen molar-refractivity contribution in [3.63, 3.8) is 0 Å². The van der Waals surface area contributed by atoms with E-state index in [-0.39, 0.29) is 12.5 Å². The van der Waals surface area contributed by atoms with Gasteiger partial charge in [-0.15, -0.1) is 21.8 Å². The van der Waals surface area contributed by atoms with E-state index in [1.165, 1.54) is 11.3 Å². The fraction of sp³-hybridized carbons (Fsp3) is 0.400. The van der Waals surface area contributed by atoms with Crippen molar-refractivity contribution in [2.24, 2.45) is 0 Å². The van der Waals surface area contributed by atoms with E-state index >= 15 is 0 Å². The Morgan fingerprint density at radius 2 is 2.18 bits per heavy atom. The van der Waals surface area contributed by atoms with E-state index in [4.69, 9.17) is 16.3 Å². The van der Waals surface area contributed by atoms with E-state index < -0.39 is 0 Å². The van der Waals surface area contributed by atoms with Crippen molar-refractivity contribution in [1.82, 2.24) is 10.2 Å². The van der Waals surface area contributed by atoms with Crippen LogP contribution in [0.4, 0.5) is 5.13 Å². The monoisotopic (exact) mass is 339 g/mol. The lowest BCUT2D eigenvalue weighted by atomic mass is 10.1. The second kappa shape index (κ2) is 8.10. The van der Waals surface area contributed by atoms with Gasteiger partial charge in [-0.05, 0) is 37.5 Å². The van der Waals surface area contributed by atoms with Gasteiger partial charge in [-0.3, -0.25) is 10.1 Å². The summed E-state index contributed by atoms with van der Waals surface area (Å²) in [6.07, 6.45) is 1.62. The number of aryl methyl sites for hydroxylation is 2. The topological polar surface area (TPSA) is 64.1 Å². The zero-order chi connectivity index (χ0) is 15.9. The maximum atomic E-state index is 11.9. The minimum Gasteiger partial charge on any atom is -0.483 e. The molecule has 2 aromatic rings. The third kappa shape index (κ3) is 4.68. The first-order valence-corrected chi connectivity index (χ1v) is 8.32. The number of carbonyl (C=O) groups is 1. The molecule has 0 fully saturated rings. The van der Waals surface area contributed by atoms with Gasteiger partial charge in [-0.1, -0.05) is 23.5 Å². The van der Waals surface area contributed by atoms with Crippen molar-refractivity contribution in [1.29, 1.82) is 0 Å². The summed E-state index contributed by atoms with van der Waals surface area (Å²) in [7, 11) is 0. The van der Waals surface area contributed by atoms with Crippen LogP contribution in [0.5, 0.6) is 5.75 Å². The van der Waals surface area contributed by atoms with Gasteiger partial charge in [0.05, 0.1) is 0 Å². The predicted molar refractivity (Wildman–Crippen MR) is 89.0 cm³/mol. The average Bonchev–Trinajstić information content (AvgIpc) is 2.94. The first-order valence-electron chi connectivity index (χ1n) is 6.97. The maximum absolute atomic E-state index is 11.9. The average molecular weight is 340 g/mol. The van der Waals surface area contributed by atoms with Crippen LogP contribution in [0.15, 0.2) is 18.2 Å². The molecular formula is C15H18ClN3O2S. The molecule has 0 unspecified atom stereocenters. The Morgan fingerprint density at radius 1 is 1.36 bits per heavy atom. The summed E-state index contributed by atoms with van der Waals surface area (Å²) in [5, 5.41) is 12.0. The largest absolute Gasteiger partial charge is 0.483 e. The lowest BCUT2D eigenvalue weighted by molar-refractivity contribution is -0.118. The summed E-state index contributed by atoms with van der Waals surface area (Å²) in [6, 6.07) is 5.76. The zero-order valence-corrected chi connectivity index (χ0v) is 14.1. The molecule has 1 N–H and O–H groups in total. The van der Waals surface area contributed by atoms with Gasteiger partial charge in [0.15, 0.2) is 6.61 Å². The molecule has 2 rings (SSSR count). The highest BCUT2D eigenvalue weighted by atomic mass is 35.5. The van der Waals surface area contributed by atoms with E-state index in [1.807, 2.05) is 32.0 Å². The molecule has 1 aromatic heterocycles. The van der Waals surface area contributed by atoms with Crippen molar-refractivity contribution < 1.29 is 9.53 Å². The van der Waals surface area contributed by atoms with Gasteiger partial charge < -0.3 is 4.74 Å². The van der Waals surface area contributed by atoms with Gasteiger partial charge in [0, 0.05) is 12.3 Å². The number of ether oxygens (including phenoxy) is 1. The second-order valence-electron chi connectivity index (χ2n) is 4.83. The van der Waals surface area contributed by atoms with Crippen LogP contribution < -0.4 is 10.1 Å². The summed E-state index contributed by atoms with van der Waals surface area (Å²) in [6.45, 7) is 3.92. The van der Waals surface area contributed by atoms with Crippen LogP contribution >= 0.6 is 22.9 Å². The Morgan fingerprint density at radius 3 is 2.95 bits per heavy atom. The smallest absolute Gasteiger partial charge is 0.264 e. The molecule has 0 radical (unpaired) electrons. The molecule has 1 aromatic carbocycles. The number of rotatable bonds is 7. The number of aromatic nitrogens is 2. The van der Waals surface area contributed by atoms with Gasteiger partial charge in [-0.2, -0.15) is 0 Å². The minimum absolute atomic E-state index is 0.0547. The van der Waals surface area contributed by atoms with E-state index in [9.17, 15) is 4.79 Å². The third-order valence-corrected chi connectivity index (χ3v) is 4.32. The minimum atomic E-state index is -0.249. The number of carbonyl (C=O) groups excluding carboxylic acids is 1. The quantitative estimate of drug-likeness (QED) is 0.786. The third-order valence-electron chi connectivity index (χ3n) is 3.15.